The van der Waals surface area contributed by atoms with Crippen molar-refractivity contribution < 1.29 is 9.53 Å². The second-order valence-corrected chi connectivity index (χ2v) is 7.34. The molecule has 0 spiro atoms. The second-order valence-electron chi connectivity index (χ2n) is 7.34. The van der Waals surface area contributed by atoms with Crippen molar-refractivity contribution in [2.45, 2.75) is 58.2 Å². The van der Waals surface area contributed by atoms with E-state index in [-0.39, 0.29) is 12.1 Å². The number of hydrogen-bond acceptors (Lipinski definition) is 4. The van der Waals surface area contributed by atoms with Crippen molar-refractivity contribution in [1.29, 1.82) is 0 Å². The van der Waals surface area contributed by atoms with Crippen LogP contribution >= 0.6 is 0 Å². The summed E-state index contributed by atoms with van der Waals surface area (Å²) in [7, 11) is 2.08. The number of likely N-dealkylation sites (tertiary alicyclic amines) is 1. The molecule has 1 aromatic rings. The number of hydrogen-bond donors (Lipinski definition) is 0. The van der Waals surface area contributed by atoms with Crippen LogP contribution in [0.4, 0.5) is 4.79 Å². The Labute approximate surface area is 139 Å². The molecule has 2 heterocycles. The van der Waals surface area contributed by atoms with Crippen molar-refractivity contribution in [1.82, 2.24) is 14.8 Å². The summed E-state index contributed by atoms with van der Waals surface area (Å²) in [6, 6.07) is 6.18. The molecule has 2 rings (SSSR count). The molecule has 128 valence electrons. The van der Waals surface area contributed by atoms with Crippen LogP contribution in [0.25, 0.3) is 0 Å². The van der Waals surface area contributed by atoms with E-state index in [1.54, 1.807) is 0 Å². The number of carbonyl (C=O) groups excluding carboxylic acids is 1. The summed E-state index contributed by atoms with van der Waals surface area (Å²) in [6.07, 6.45) is 4.89. The molecule has 1 atom stereocenters. The Bertz CT molecular complexity index is 499. The highest BCUT2D eigenvalue weighted by atomic mass is 16.6. The van der Waals surface area contributed by atoms with Gasteiger partial charge in [-0.05, 0) is 59.2 Å². The van der Waals surface area contributed by atoms with E-state index in [2.05, 4.69) is 16.9 Å². The van der Waals surface area contributed by atoms with Crippen molar-refractivity contribution in [2.75, 3.05) is 20.1 Å². The van der Waals surface area contributed by atoms with Gasteiger partial charge in [-0.3, -0.25) is 9.88 Å². The zero-order valence-corrected chi connectivity index (χ0v) is 14.8. The molecule has 0 radical (unpaired) electrons. The van der Waals surface area contributed by atoms with Crippen LogP contribution < -0.4 is 0 Å². The lowest BCUT2D eigenvalue weighted by molar-refractivity contribution is 0.00583. The quantitative estimate of drug-likeness (QED) is 0.854. The number of aromatic nitrogens is 1. The lowest BCUT2D eigenvalue weighted by atomic mass is 10.0. The molecule has 0 unspecified atom stereocenters. The molecule has 1 aliphatic heterocycles. The molecule has 0 saturated carbocycles. The summed E-state index contributed by atoms with van der Waals surface area (Å²) >= 11 is 0. The Morgan fingerprint density at radius 2 is 2.17 bits per heavy atom. The fraction of sp³-hybridized carbons (Fsp3) is 0.667. The van der Waals surface area contributed by atoms with Gasteiger partial charge in [0.2, 0.25) is 0 Å². The van der Waals surface area contributed by atoms with Crippen LogP contribution in [-0.2, 0) is 11.3 Å². The molecule has 0 bridgehead atoms. The Kier molecular flexibility index (Phi) is 5.99. The summed E-state index contributed by atoms with van der Waals surface area (Å²) in [6.45, 7) is 8.16. The first-order chi connectivity index (χ1) is 10.8. The Hall–Kier alpha value is -1.62. The van der Waals surface area contributed by atoms with E-state index >= 15 is 0 Å². The van der Waals surface area contributed by atoms with E-state index in [0.717, 1.165) is 38.2 Å². The van der Waals surface area contributed by atoms with Gasteiger partial charge in [0.05, 0.1) is 5.69 Å². The molecule has 0 N–H and O–H groups in total. The van der Waals surface area contributed by atoms with Gasteiger partial charge in [0.15, 0.2) is 0 Å². The van der Waals surface area contributed by atoms with Gasteiger partial charge >= 0.3 is 6.09 Å². The molecule has 1 amide bonds. The highest BCUT2D eigenvalue weighted by molar-refractivity contribution is 5.68. The highest BCUT2D eigenvalue weighted by Gasteiger charge is 2.31. The first-order valence-electron chi connectivity index (χ1n) is 8.43. The van der Waals surface area contributed by atoms with Gasteiger partial charge in [0, 0.05) is 31.9 Å². The van der Waals surface area contributed by atoms with Crippen molar-refractivity contribution >= 4 is 6.09 Å². The molecule has 1 aliphatic rings. The molecular formula is C18H29N3O2. The van der Waals surface area contributed by atoms with Crippen molar-refractivity contribution in [3.8, 4) is 0 Å². The number of amides is 1. The van der Waals surface area contributed by atoms with Crippen LogP contribution in [0.3, 0.4) is 0 Å². The van der Waals surface area contributed by atoms with Crippen molar-refractivity contribution in [2.24, 2.45) is 0 Å². The summed E-state index contributed by atoms with van der Waals surface area (Å²) in [4.78, 5) is 20.9. The first-order valence-corrected chi connectivity index (χ1v) is 8.43. The minimum absolute atomic E-state index is 0.187. The van der Waals surface area contributed by atoms with Gasteiger partial charge in [-0.2, -0.15) is 0 Å². The SMILES string of the molecule is CN(Cc1ccccn1)C[C@H]1CCCCN1C(=O)OC(C)(C)C. The number of likely N-dealkylation sites (N-methyl/N-ethyl adjacent to an activating group) is 1. The van der Waals surface area contributed by atoms with Gasteiger partial charge in [-0.15, -0.1) is 0 Å². The topological polar surface area (TPSA) is 45.7 Å². The summed E-state index contributed by atoms with van der Waals surface area (Å²) in [5.74, 6) is 0. The number of pyridine rings is 1. The molecule has 5 nitrogen and oxygen atoms in total. The van der Waals surface area contributed by atoms with Crippen LogP contribution in [0.15, 0.2) is 24.4 Å². The number of carbonyl (C=O) groups is 1. The van der Waals surface area contributed by atoms with E-state index in [1.807, 2.05) is 50.1 Å². The predicted octanol–water partition coefficient (Wildman–Crippen LogP) is 3.30. The van der Waals surface area contributed by atoms with E-state index in [0.29, 0.717) is 0 Å². The van der Waals surface area contributed by atoms with Crippen molar-refractivity contribution in [3.63, 3.8) is 0 Å². The monoisotopic (exact) mass is 319 g/mol. The number of rotatable bonds is 4. The molecule has 1 aromatic heterocycles. The summed E-state index contributed by atoms with van der Waals surface area (Å²) in [5.41, 5.74) is 0.605. The lowest BCUT2D eigenvalue weighted by Gasteiger charge is -2.38. The minimum atomic E-state index is -0.445. The maximum Gasteiger partial charge on any atom is 0.410 e. The van der Waals surface area contributed by atoms with Gasteiger partial charge in [0.25, 0.3) is 0 Å². The van der Waals surface area contributed by atoms with Gasteiger partial charge in [0.1, 0.15) is 5.60 Å². The molecule has 23 heavy (non-hydrogen) atoms. The number of piperidine rings is 1. The van der Waals surface area contributed by atoms with Crippen LogP contribution in [-0.4, -0.2) is 52.7 Å². The minimum Gasteiger partial charge on any atom is -0.444 e. The zero-order valence-electron chi connectivity index (χ0n) is 14.8. The maximum absolute atomic E-state index is 12.4. The van der Waals surface area contributed by atoms with Crippen LogP contribution in [0.5, 0.6) is 0 Å². The molecule has 1 saturated heterocycles. The van der Waals surface area contributed by atoms with Crippen LogP contribution in [0, 0.1) is 0 Å². The highest BCUT2D eigenvalue weighted by Crippen LogP contribution is 2.21. The Balaban J connectivity index is 1.94. The summed E-state index contributed by atoms with van der Waals surface area (Å²) in [5, 5.41) is 0. The van der Waals surface area contributed by atoms with Gasteiger partial charge < -0.3 is 9.64 Å². The van der Waals surface area contributed by atoms with E-state index in [4.69, 9.17) is 4.74 Å². The van der Waals surface area contributed by atoms with E-state index in [9.17, 15) is 4.79 Å². The molecule has 0 aromatic carbocycles. The smallest absolute Gasteiger partial charge is 0.410 e. The Morgan fingerprint density at radius 3 is 2.83 bits per heavy atom. The zero-order chi connectivity index (χ0) is 16.9. The largest absolute Gasteiger partial charge is 0.444 e. The molecule has 5 heteroatoms. The first kappa shape index (κ1) is 17.7. The fourth-order valence-corrected chi connectivity index (χ4v) is 2.94. The molecule has 1 fully saturated rings. The van der Waals surface area contributed by atoms with Crippen molar-refractivity contribution in [3.05, 3.63) is 30.1 Å². The van der Waals surface area contributed by atoms with E-state index < -0.39 is 5.60 Å². The third-order valence-electron chi connectivity index (χ3n) is 3.94. The molecule has 0 aliphatic carbocycles. The second kappa shape index (κ2) is 7.77. The summed E-state index contributed by atoms with van der Waals surface area (Å²) < 4.78 is 5.56. The third-order valence-corrected chi connectivity index (χ3v) is 3.94. The van der Waals surface area contributed by atoms with Crippen LogP contribution in [0.1, 0.15) is 45.7 Å². The maximum atomic E-state index is 12.4. The lowest BCUT2D eigenvalue weighted by Crippen LogP contribution is -2.50. The standard InChI is InChI=1S/C18H29N3O2/c1-18(2,3)23-17(22)21-12-8-6-10-16(21)14-20(4)13-15-9-5-7-11-19-15/h5,7,9,11,16H,6,8,10,12-14H2,1-4H3/t16-/m1/s1. The fourth-order valence-electron chi connectivity index (χ4n) is 2.94. The molecular weight excluding hydrogens is 290 g/mol. The van der Waals surface area contributed by atoms with Gasteiger partial charge in [-0.25, -0.2) is 4.79 Å². The Morgan fingerprint density at radius 1 is 1.39 bits per heavy atom. The average Bonchev–Trinajstić information content (AvgIpc) is 2.47. The normalized spacial score (nSPS) is 19.0. The third kappa shape index (κ3) is 5.82. The van der Waals surface area contributed by atoms with Crippen LogP contribution in [0.2, 0.25) is 0 Å². The number of ether oxygens (including phenoxy) is 1. The average molecular weight is 319 g/mol. The van der Waals surface area contributed by atoms with E-state index in [1.165, 1.54) is 6.42 Å². The van der Waals surface area contributed by atoms with Gasteiger partial charge in [-0.1, -0.05) is 6.07 Å². The number of nitrogens with zero attached hydrogens (tertiary/aromatic N) is 3. The predicted molar refractivity (Wildman–Crippen MR) is 91.2 cm³/mol.